The molecule has 1 atom stereocenters. The number of hydrogen-bond acceptors (Lipinski definition) is 4. The number of nitrogens with one attached hydrogen (secondary N) is 1. The molecule has 0 saturated carbocycles. The summed E-state index contributed by atoms with van der Waals surface area (Å²) in [5.74, 6) is 0.990. The number of rotatable bonds is 8. The third kappa shape index (κ3) is 10.3. The van der Waals surface area contributed by atoms with Crippen molar-refractivity contribution in [1.82, 2.24) is 5.32 Å². The Labute approximate surface area is 92.0 Å². The van der Waals surface area contributed by atoms with Gasteiger partial charge in [0.05, 0.1) is 5.75 Å². The zero-order valence-electron chi connectivity index (χ0n) is 9.25. The van der Waals surface area contributed by atoms with Crippen LogP contribution in [0.15, 0.2) is 0 Å². The Morgan fingerprint density at radius 3 is 2.57 bits per heavy atom. The number of thioether (sulfide) groups is 1. The minimum Gasteiger partial charge on any atom is -0.316 e. The van der Waals surface area contributed by atoms with Gasteiger partial charge in [0.1, 0.15) is 9.84 Å². The molecule has 5 heteroatoms. The van der Waals surface area contributed by atoms with Gasteiger partial charge < -0.3 is 5.32 Å². The monoisotopic (exact) mass is 239 g/mol. The molecule has 14 heavy (non-hydrogen) atoms. The van der Waals surface area contributed by atoms with Crippen LogP contribution in [0.3, 0.4) is 0 Å². The van der Waals surface area contributed by atoms with Gasteiger partial charge in [-0.2, -0.15) is 11.8 Å². The highest BCUT2D eigenvalue weighted by Gasteiger charge is 2.05. The van der Waals surface area contributed by atoms with E-state index in [0.29, 0.717) is 11.0 Å². The van der Waals surface area contributed by atoms with Crippen molar-refractivity contribution >= 4 is 21.6 Å². The van der Waals surface area contributed by atoms with Crippen LogP contribution in [0.1, 0.15) is 20.3 Å². The van der Waals surface area contributed by atoms with Crippen LogP contribution in [0, 0.1) is 0 Å². The van der Waals surface area contributed by atoms with Crippen molar-refractivity contribution < 1.29 is 8.42 Å². The second-order valence-electron chi connectivity index (χ2n) is 3.52. The van der Waals surface area contributed by atoms with Gasteiger partial charge in [-0.1, -0.05) is 13.8 Å². The third-order valence-electron chi connectivity index (χ3n) is 1.72. The second kappa shape index (κ2) is 7.54. The van der Waals surface area contributed by atoms with Gasteiger partial charge in [-0.15, -0.1) is 0 Å². The molecule has 0 rings (SSSR count). The fraction of sp³-hybridized carbons (Fsp3) is 1.00. The van der Waals surface area contributed by atoms with Crippen LogP contribution >= 0.6 is 11.8 Å². The maximum atomic E-state index is 10.8. The van der Waals surface area contributed by atoms with Gasteiger partial charge in [0.2, 0.25) is 0 Å². The fourth-order valence-corrected chi connectivity index (χ4v) is 3.18. The van der Waals surface area contributed by atoms with E-state index in [9.17, 15) is 8.42 Å². The van der Waals surface area contributed by atoms with Gasteiger partial charge in [-0.05, 0) is 13.0 Å². The minimum atomic E-state index is -2.79. The summed E-state index contributed by atoms with van der Waals surface area (Å²) in [7, 11) is -2.79. The Kier molecular flexibility index (Phi) is 7.68. The van der Waals surface area contributed by atoms with Crippen LogP contribution in [0.2, 0.25) is 0 Å². The predicted molar refractivity (Wildman–Crippen MR) is 64.8 cm³/mol. The molecular weight excluding hydrogens is 218 g/mol. The maximum Gasteiger partial charge on any atom is 0.148 e. The molecule has 0 aliphatic rings. The quantitative estimate of drug-likeness (QED) is 0.646. The number of sulfone groups is 1. The summed E-state index contributed by atoms with van der Waals surface area (Å²) in [6.45, 7) is 6.25. The van der Waals surface area contributed by atoms with Gasteiger partial charge in [-0.25, -0.2) is 8.42 Å². The van der Waals surface area contributed by atoms with Crippen LogP contribution in [-0.2, 0) is 9.84 Å². The first-order chi connectivity index (χ1) is 6.45. The molecule has 0 bridgehead atoms. The molecule has 0 aromatic carbocycles. The first-order valence-electron chi connectivity index (χ1n) is 4.95. The molecule has 0 amide bonds. The van der Waals surface area contributed by atoms with E-state index in [4.69, 9.17) is 0 Å². The molecule has 1 N–H and O–H groups in total. The fourth-order valence-electron chi connectivity index (χ4n) is 0.942. The van der Waals surface area contributed by atoms with Crippen LogP contribution < -0.4 is 5.32 Å². The third-order valence-corrected chi connectivity index (χ3v) is 4.09. The van der Waals surface area contributed by atoms with Gasteiger partial charge in [0.15, 0.2) is 0 Å². The van der Waals surface area contributed by atoms with E-state index in [1.807, 2.05) is 0 Å². The van der Waals surface area contributed by atoms with E-state index in [2.05, 4.69) is 19.2 Å². The largest absolute Gasteiger partial charge is 0.316 e. The van der Waals surface area contributed by atoms with Crippen molar-refractivity contribution in [1.29, 1.82) is 0 Å². The minimum absolute atomic E-state index is 0.287. The summed E-state index contributed by atoms with van der Waals surface area (Å²) in [6.07, 6.45) is 2.42. The summed E-state index contributed by atoms with van der Waals surface area (Å²) in [4.78, 5) is 0. The van der Waals surface area contributed by atoms with Crippen LogP contribution in [-0.4, -0.2) is 44.5 Å². The highest BCUT2D eigenvalue weighted by molar-refractivity contribution is 8.01. The van der Waals surface area contributed by atoms with Crippen molar-refractivity contribution in [2.45, 2.75) is 25.5 Å². The molecule has 3 nitrogen and oxygen atoms in total. The molecule has 0 aliphatic heterocycles. The first-order valence-corrected chi connectivity index (χ1v) is 8.06. The standard InChI is InChI=1S/C9H21NO2S2/c1-4-5-10-8-9(2)13-6-7-14(3,11)12/h9-10H,4-8H2,1-3H3. The lowest BCUT2D eigenvalue weighted by Gasteiger charge is -2.11. The average molecular weight is 239 g/mol. The van der Waals surface area contributed by atoms with E-state index in [0.717, 1.165) is 19.5 Å². The van der Waals surface area contributed by atoms with Crippen molar-refractivity contribution in [2.24, 2.45) is 0 Å². The summed E-state index contributed by atoms with van der Waals surface area (Å²) in [6, 6.07) is 0. The molecule has 0 aliphatic carbocycles. The molecule has 0 fully saturated rings. The molecule has 0 aromatic rings. The Morgan fingerprint density at radius 1 is 1.43 bits per heavy atom. The molecule has 0 aromatic heterocycles. The van der Waals surface area contributed by atoms with Gasteiger partial charge in [0, 0.05) is 23.8 Å². The van der Waals surface area contributed by atoms with Crippen molar-refractivity contribution in [3.63, 3.8) is 0 Å². The van der Waals surface area contributed by atoms with E-state index in [-0.39, 0.29) is 5.75 Å². The highest BCUT2D eigenvalue weighted by Crippen LogP contribution is 2.09. The Bertz CT molecular complexity index is 227. The van der Waals surface area contributed by atoms with E-state index < -0.39 is 9.84 Å². The lowest BCUT2D eigenvalue weighted by molar-refractivity contribution is 0.603. The second-order valence-corrected chi connectivity index (χ2v) is 7.32. The Morgan fingerprint density at radius 2 is 2.07 bits per heavy atom. The molecular formula is C9H21NO2S2. The predicted octanol–water partition coefficient (Wildman–Crippen LogP) is 1.15. The van der Waals surface area contributed by atoms with Crippen LogP contribution in [0.25, 0.3) is 0 Å². The zero-order chi connectivity index (χ0) is 11.0. The topological polar surface area (TPSA) is 46.2 Å². The lowest BCUT2D eigenvalue weighted by Crippen LogP contribution is -2.24. The molecule has 0 spiro atoms. The smallest absolute Gasteiger partial charge is 0.148 e. The van der Waals surface area contributed by atoms with Crippen molar-refractivity contribution in [3.05, 3.63) is 0 Å². The highest BCUT2D eigenvalue weighted by atomic mass is 32.2. The summed E-state index contributed by atoms with van der Waals surface area (Å²) in [5.41, 5.74) is 0. The molecule has 0 heterocycles. The molecule has 0 saturated heterocycles. The molecule has 0 radical (unpaired) electrons. The average Bonchev–Trinajstić information content (AvgIpc) is 2.02. The van der Waals surface area contributed by atoms with Crippen LogP contribution in [0.5, 0.6) is 0 Å². The van der Waals surface area contributed by atoms with Crippen molar-refractivity contribution in [3.8, 4) is 0 Å². The van der Waals surface area contributed by atoms with Crippen molar-refractivity contribution in [2.75, 3.05) is 30.9 Å². The molecule has 1 unspecified atom stereocenters. The zero-order valence-corrected chi connectivity index (χ0v) is 10.9. The summed E-state index contributed by atoms with van der Waals surface area (Å²) >= 11 is 1.71. The normalized spacial score (nSPS) is 14.2. The lowest BCUT2D eigenvalue weighted by atomic mass is 10.4. The maximum absolute atomic E-state index is 10.8. The first kappa shape index (κ1) is 14.3. The van der Waals surface area contributed by atoms with E-state index >= 15 is 0 Å². The van der Waals surface area contributed by atoms with E-state index in [1.54, 1.807) is 11.8 Å². The van der Waals surface area contributed by atoms with Gasteiger partial charge in [-0.3, -0.25) is 0 Å². The number of hydrogen-bond donors (Lipinski definition) is 1. The van der Waals surface area contributed by atoms with Gasteiger partial charge >= 0.3 is 0 Å². The van der Waals surface area contributed by atoms with Gasteiger partial charge in [0.25, 0.3) is 0 Å². The summed E-state index contributed by atoms with van der Waals surface area (Å²) < 4.78 is 21.7. The summed E-state index contributed by atoms with van der Waals surface area (Å²) in [5, 5.41) is 3.80. The van der Waals surface area contributed by atoms with Crippen LogP contribution in [0.4, 0.5) is 0 Å². The van der Waals surface area contributed by atoms with E-state index in [1.165, 1.54) is 6.26 Å². The Balaban J connectivity index is 3.40. The molecule has 86 valence electrons. The SMILES string of the molecule is CCCNCC(C)SCCS(C)(=O)=O. The Hall–Kier alpha value is 0.260.